The van der Waals surface area contributed by atoms with Gasteiger partial charge in [-0.05, 0) is 46.9 Å². The summed E-state index contributed by atoms with van der Waals surface area (Å²) in [6.45, 7) is 0.634. The van der Waals surface area contributed by atoms with Crippen molar-refractivity contribution in [2.45, 2.75) is 12.3 Å². The lowest BCUT2D eigenvalue weighted by molar-refractivity contribution is 0.143. The summed E-state index contributed by atoms with van der Waals surface area (Å²) < 4.78 is 19.2. The molecule has 1 aliphatic carbocycles. The van der Waals surface area contributed by atoms with Gasteiger partial charge in [0, 0.05) is 18.0 Å². The highest BCUT2D eigenvalue weighted by molar-refractivity contribution is 5.79. The lowest BCUT2D eigenvalue weighted by atomic mass is 9.98. The molecule has 3 aromatic carbocycles. The monoisotopic (exact) mass is 412 g/mol. The number of benzene rings is 3. The minimum Gasteiger partial charge on any atom is -0.449 e. The minimum absolute atomic E-state index is 0.0217. The van der Waals surface area contributed by atoms with Crippen molar-refractivity contribution in [1.29, 1.82) is 5.26 Å². The zero-order valence-electron chi connectivity index (χ0n) is 16.8. The predicted octanol–water partition coefficient (Wildman–Crippen LogP) is 5.64. The number of hydrogen-bond donors (Lipinski definition) is 1. The van der Waals surface area contributed by atoms with Gasteiger partial charge >= 0.3 is 6.09 Å². The molecule has 0 unspecified atom stereocenters. The zero-order valence-corrected chi connectivity index (χ0v) is 16.8. The summed E-state index contributed by atoms with van der Waals surface area (Å²) in [5, 5.41) is 11.6. The first-order valence-corrected chi connectivity index (χ1v) is 10.1. The molecule has 154 valence electrons. The number of fused-ring (bicyclic) bond motifs is 3. The molecule has 0 aromatic heterocycles. The Bertz CT molecular complexity index is 1130. The zero-order chi connectivity index (χ0) is 21.6. The summed E-state index contributed by atoms with van der Waals surface area (Å²) in [4.78, 5) is 12.1. The summed E-state index contributed by atoms with van der Waals surface area (Å²) in [7, 11) is 0. The van der Waals surface area contributed by atoms with Crippen molar-refractivity contribution in [2.75, 3.05) is 13.2 Å². The molecule has 0 atom stereocenters. The van der Waals surface area contributed by atoms with Crippen LogP contribution in [0.5, 0.6) is 0 Å². The Morgan fingerprint density at radius 1 is 1.06 bits per heavy atom. The van der Waals surface area contributed by atoms with Crippen molar-refractivity contribution in [3.05, 3.63) is 101 Å². The van der Waals surface area contributed by atoms with Gasteiger partial charge < -0.3 is 10.1 Å². The smallest absolute Gasteiger partial charge is 0.407 e. The van der Waals surface area contributed by atoms with Crippen LogP contribution in [0.15, 0.2) is 72.8 Å². The van der Waals surface area contributed by atoms with E-state index in [1.807, 2.05) is 30.3 Å². The van der Waals surface area contributed by atoms with Gasteiger partial charge in [-0.1, -0.05) is 60.7 Å². The third-order valence-electron chi connectivity index (χ3n) is 5.35. The Morgan fingerprint density at radius 2 is 1.74 bits per heavy atom. The van der Waals surface area contributed by atoms with E-state index in [4.69, 9.17) is 10.00 Å². The number of carbonyl (C=O) groups is 1. The normalized spacial score (nSPS) is 12.3. The molecule has 4 rings (SSSR count). The first kappa shape index (κ1) is 20.4. The highest BCUT2D eigenvalue weighted by Gasteiger charge is 2.28. The Morgan fingerprint density at radius 3 is 2.42 bits per heavy atom. The van der Waals surface area contributed by atoms with Gasteiger partial charge in [0.1, 0.15) is 12.4 Å². The van der Waals surface area contributed by atoms with Gasteiger partial charge in [0.2, 0.25) is 0 Å². The molecule has 5 heteroatoms. The number of rotatable bonds is 6. The van der Waals surface area contributed by atoms with Gasteiger partial charge in [0.15, 0.2) is 0 Å². The molecule has 1 aliphatic rings. The Hall–Kier alpha value is -3.91. The summed E-state index contributed by atoms with van der Waals surface area (Å²) in [5.41, 5.74) is 5.45. The topological polar surface area (TPSA) is 62.1 Å². The molecule has 0 fully saturated rings. The average molecular weight is 412 g/mol. The summed E-state index contributed by atoms with van der Waals surface area (Å²) >= 11 is 0. The molecule has 0 aliphatic heterocycles. The highest BCUT2D eigenvalue weighted by atomic mass is 19.1. The van der Waals surface area contributed by atoms with Crippen molar-refractivity contribution in [3.8, 4) is 17.2 Å². The molecular weight excluding hydrogens is 391 g/mol. The maximum atomic E-state index is 13.8. The van der Waals surface area contributed by atoms with Crippen molar-refractivity contribution in [1.82, 2.24) is 5.32 Å². The van der Waals surface area contributed by atoms with E-state index in [1.54, 1.807) is 12.2 Å². The lowest BCUT2D eigenvalue weighted by Gasteiger charge is -2.14. The van der Waals surface area contributed by atoms with Gasteiger partial charge in [-0.3, -0.25) is 0 Å². The van der Waals surface area contributed by atoms with Crippen LogP contribution in [0.4, 0.5) is 9.18 Å². The lowest BCUT2D eigenvalue weighted by Crippen LogP contribution is -2.26. The molecule has 0 heterocycles. The number of halogens is 1. The molecule has 31 heavy (non-hydrogen) atoms. The largest absolute Gasteiger partial charge is 0.449 e. The van der Waals surface area contributed by atoms with Crippen LogP contribution in [-0.4, -0.2) is 19.2 Å². The van der Waals surface area contributed by atoms with E-state index in [1.165, 1.54) is 40.5 Å². The fraction of sp³-hybridized carbons (Fsp3) is 0.154. The highest BCUT2D eigenvalue weighted by Crippen LogP contribution is 2.44. The fourth-order valence-electron chi connectivity index (χ4n) is 3.86. The molecule has 0 saturated carbocycles. The molecular formula is C26H21FN2O2. The van der Waals surface area contributed by atoms with E-state index in [-0.39, 0.29) is 18.3 Å². The molecule has 3 aromatic rings. The van der Waals surface area contributed by atoms with Crippen LogP contribution in [-0.2, 0) is 4.74 Å². The molecule has 0 saturated heterocycles. The van der Waals surface area contributed by atoms with E-state index >= 15 is 0 Å². The molecule has 4 nitrogen and oxygen atoms in total. The Labute approximate surface area is 180 Å². The first-order chi connectivity index (χ1) is 15.2. The van der Waals surface area contributed by atoms with E-state index in [0.29, 0.717) is 24.1 Å². The van der Waals surface area contributed by atoms with Crippen LogP contribution in [0.25, 0.3) is 17.2 Å². The Balaban J connectivity index is 1.28. The maximum Gasteiger partial charge on any atom is 0.407 e. The van der Waals surface area contributed by atoms with Crippen LogP contribution in [0.3, 0.4) is 0 Å². The van der Waals surface area contributed by atoms with Gasteiger partial charge in [0.05, 0.1) is 11.6 Å². The predicted molar refractivity (Wildman–Crippen MR) is 118 cm³/mol. The first-order valence-electron chi connectivity index (χ1n) is 10.1. The van der Waals surface area contributed by atoms with Gasteiger partial charge in [-0.2, -0.15) is 5.26 Å². The van der Waals surface area contributed by atoms with E-state index in [0.717, 1.165) is 0 Å². The van der Waals surface area contributed by atoms with Crippen molar-refractivity contribution in [3.63, 3.8) is 0 Å². The van der Waals surface area contributed by atoms with E-state index in [9.17, 15) is 9.18 Å². The minimum atomic E-state index is -0.479. The van der Waals surface area contributed by atoms with Gasteiger partial charge in [0.25, 0.3) is 0 Å². The fourth-order valence-corrected chi connectivity index (χ4v) is 3.86. The molecule has 1 N–H and O–H groups in total. The summed E-state index contributed by atoms with van der Waals surface area (Å²) in [5.74, 6) is -0.367. The van der Waals surface area contributed by atoms with E-state index < -0.39 is 6.09 Å². The quantitative estimate of drug-likeness (QED) is 0.533. The Kier molecular flexibility index (Phi) is 6.09. The van der Waals surface area contributed by atoms with Gasteiger partial charge in [-0.15, -0.1) is 0 Å². The van der Waals surface area contributed by atoms with Crippen LogP contribution >= 0.6 is 0 Å². The third-order valence-corrected chi connectivity index (χ3v) is 5.35. The van der Waals surface area contributed by atoms with Gasteiger partial charge in [-0.25, -0.2) is 9.18 Å². The SMILES string of the molecule is N#Cc1ccc(F)c(C=CCCNC(=O)OCC2c3ccccc3-c3ccccc32)c1. The number of ether oxygens (including phenoxy) is 1. The third kappa shape index (κ3) is 4.49. The molecule has 1 amide bonds. The average Bonchev–Trinajstić information content (AvgIpc) is 3.12. The van der Waals surface area contributed by atoms with Crippen molar-refractivity contribution in [2.24, 2.45) is 0 Å². The van der Waals surface area contributed by atoms with Crippen molar-refractivity contribution >= 4 is 12.2 Å². The maximum absolute atomic E-state index is 13.8. The van der Waals surface area contributed by atoms with Crippen molar-refractivity contribution < 1.29 is 13.9 Å². The number of nitrogens with one attached hydrogen (secondary N) is 1. The van der Waals surface area contributed by atoms with Crippen LogP contribution in [0.1, 0.15) is 34.6 Å². The van der Waals surface area contributed by atoms with Crippen LogP contribution in [0.2, 0.25) is 0 Å². The molecule has 0 bridgehead atoms. The number of alkyl carbamates (subject to hydrolysis) is 1. The number of carbonyl (C=O) groups excluding carboxylic acids is 1. The number of amides is 1. The molecule has 0 spiro atoms. The summed E-state index contributed by atoms with van der Waals surface area (Å²) in [6.07, 6.45) is 3.40. The summed E-state index contributed by atoms with van der Waals surface area (Å²) in [6, 6.07) is 22.6. The van der Waals surface area contributed by atoms with E-state index in [2.05, 4.69) is 29.6 Å². The number of hydrogen-bond acceptors (Lipinski definition) is 3. The van der Waals surface area contributed by atoms with Crippen LogP contribution in [0, 0.1) is 17.1 Å². The number of nitriles is 1. The number of nitrogens with zero attached hydrogens (tertiary/aromatic N) is 1. The second-order valence-electron chi connectivity index (χ2n) is 7.29. The van der Waals surface area contributed by atoms with Crippen LogP contribution < -0.4 is 5.32 Å². The standard InChI is InChI=1S/C26H21FN2O2/c27-25-13-12-18(16-28)15-19(25)7-5-6-14-29-26(30)31-17-24-22-10-3-1-8-20(22)21-9-2-4-11-23(21)24/h1-5,7-13,15,24H,6,14,17H2,(H,29,30). The molecule has 0 radical (unpaired) electrons. The second-order valence-corrected chi connectivity index (χ2v) is 7.29. The second kappa shape index (κ2) is 9.27.